The molecule has 198 valence electrons. The second-order valence-electron chi connectivity index (χ2n) is 9.56. The van der Waals surface area contributed by atoms with Crippen molar-refractivity contribution in [2.24, 2.45) is 0 Å². The van der Waals surface area contributed by atoms with Crippen LogP contribution in [0.1, 0.15) is 38.7 Å². The topological polar surface area (TPSA) is 70.1 Å². The largest absolute Gasteiger partial charge is 0.491 e. The van der Waals surface area contributed by atoms with E-state index in [9.17, 15) is 13.5 Å². The van der Waals surface area contributed by atoms with E-state index in [0.29, 0.717) is 4.90 Å². The molecule has 0 spiro atoms. The molecule has 1 fully saturated rings. The van der Waals surface area contributed by atoms with E-state index in [2.05, 4.69) is 29.0 Å². The average molecular weight is 548 g/mol. The van der Waals surface area contributed by atoms with Gasteiger partial charge in [-0.25, -0.2) is 8.42 Å². The van der Waals surface area contributed by atoms with Gasteiger partial charge in [-0.2, -0.15) is 0 Å². The molecule has 2 aromatic rings. The van der Waals surface area contributed by atoms with Gasteiger partial charge in [0.25, 0.3) is 0 Å². The molecule has 0 bridgehead atoms. The zero-order valence-electron chi connectivity index (χ0n) is 21.1. The fourth-order valence-corrected chi connectivity index (χ4v) is 4.82. The number of sulfone groups is 1. The van der Waals surface area contributed by atoms with Crippen molar-refractivity contribution < 1.29 is 18.3 Å². The van der Waals surface area contributed by atoms with Crippen LogP contribution in [-0.4, -0.2) is 69.6 Å². The summed E-state index contributed by atoms with van der Waals surface area (Å²) in [5.41, 5.74) is 1.63. The van der Waals surface area contributed by atoms with E-state index in [1.807, 2.05) is 38.1 Å². The summed E-state index contributed by atoms with van der Waals surface area (Å²) in [6.07, 6.45) is 4.56. The van der Waals surface area contributed by atoms with Crippen molar-refractivity contribution in [3.63, 3.8) is 0 Å². The number of piperidine rings is 1. The molecule has 1 N–H and O–H groups in total. The Morgan fingerprint density at radius 1 is 1.03 bits per heavy atom. The molecule has 0 atom stereocenters. The number of likely N-dealkylation sites (tertiary alicyclic amines) is 1. The summed E-state index contributed by atoms with van der Waals surface area (Å²) >= 11 is 0. The van der Waals surface area contributed by atoms with Gasteiger partial charge in [-0.15, -0.1) is 24.8 Å². The minimum absolute atomic E-state index is 0. The SMILES string of the molecule is CC(C)Oc1ccc(N(C)CCC2(O)CCN(CCc3ccc(S(C)(=O)=O)cc3)CC2)cc1.Cl.Cl. The van der Waals surface area contributed by atoms with E-state index in [1.54, 1.807) is 12.1 Å². The number of nitrogens with zero attached hydrogens (tertiary/aromatic N) is 2. The Labute approximate surface area is 223 Å². The Balaban J connectivity index is 0.00000306. The molecule has 0 aliphatic carbocycles. The van der Waals surface area contributed by atoms with Gasteiger partial charge in [0, 0.05) is 45.2 Å². The average Bonchev–Trinajstić information content (AvgIpc) is 2.77. The number of halogens is 2. The van der Waals surface area contributed by atoms with Crippen LogP contribution in [0.25, 0.3) is 0 Å². The van der Waals surface area contributed by atoms with Gasteiger partial charge in [0.05, 0.1) is 16.6 Å². The summed E-state index contributed by atoms with van der Waals surface area (Å²) in [7, 11) is -1.09. The van der Waals surface area contributed by atoms with Crippen LogP contribution in [0.5, 0.6) is 5.75 Å². The maximum atomic E-state index is 11.6. The molecule has 35 heavy (non-hydrogen) atoms. The van der Waals surface area contributed by atoms with Crippen molar-refractivity contribution in [2.45, 2.75) is 56.1 Å². The maximum Gasteiger partial charge on any atom is 0.175 e. The number of aliphatic hydroxyl groups is 1. The molecule has 6 nitrogen and oxygen atoms in total. The number of benzene rings is 2. The Bertz CT molecular complexity index is 991. The lowest BCUT2D eigenvalue weighted by Gasteiger charge is -2.39. The van der Waals surface area contributed by atoms with E-state index in [-0.39, 0.29) is 30.9 Å². The van der Waals surface area contributed by atoms with Crippen LogP contribution < -0.4 is 9.64 Å². The van der Waals surface area contributed by atoms with Crippen LogP contribution in [0.2, 0.25) is 0 Å². The highest BCUT2D eigenvalue weighted by molar-refractivity contribution is 7.90. The number of ether oxygens (including phenoxy) is 1. The van der Waals surface area contributed by atoms with Gasteiger partial charge in [-0.1, -0.05) is 12.1 Å². The summed E-state index contributed by atoms with van der Waals surface area (Å²) in [4.78, 5) is 4.93. The van der Waals surface area contributed by atoms with Gasteiger partial charge in [-0.3, -0.25) is 0 Å². The van der Waals surface area contributed by atoms with Crippen LogP contribution in [-0.2, 0) is 16.3 Å². The second-order valence-corrected chi connectivity index (χ2v) is 11.6. The first kappa shape index (κ1) is 31.5. The Morgan fingerprint density at radius 2 is 1.60 bits per heavy atom. The highest BCUT2D eigenvalue weighted by Crippen LogP contribution is 2.27. The zero-order valence-corrected chi connectivity index (χ0v) is 23.6. The van der Waals surface area contributed by atoms with Gasteiger partial charge < -0.3 is 19.6 Å². The first-order valence-corrected chi connectivity index (χ1v) is 13.6. The standard InChI is InChI=1S/C26H38N2O4S.2ClH/c1-21(2)32-24-9-7-23(8-10-24)27(3)18-14-26(29)15-19-28(20-16-26)17-13-22-5-11-25(12-6-22)33(4,30)31;;/h5-12,21,29H,13-20H2,1-4H3;2*1H. The fourth-order valence-electron chi connectivity index (χ4n) is 4.19. The molecule has 3 rings (SSSR count). The number of anilines is 1. The molecule has 0 unspecified atom stereocenters. The summed E-state index contributed by atoms with van der Waals surface area (Å²) in [6.45, 7) is 7.51. The highest BCUT2D eigenvalue weighted by atomic mass is 35.5. The third-order valence-electron chi connectivity index (χ3n) is 6.42. The molecule has 1 heterocycles. The molecular weight excluding hydrogens is 507 g/mol. The lowest BCUT2D eigenvalue weighted by Crippen LogP contribution is -2.46. The molecule has 1 saturated heterocycles. The molecule has 0 amide bonds. The molecule has 9 heteroatoms. The Kier molecular flexibility index (Phi) is 12.3. The predicted molar refractivity (Wildman–Crippen MR) is 148 cm³/mol. The lowest BCUT2D eigenvalue weighted by atomic mass is 9.88. The minimum atomic E-state index is -3.15. The van der Waals surface area contributed by atoms with Crippen molar-refractivity contribution in [3.05, 3.63) is 54.1 Å². The summed E-state index contributed by atoms with van der Waals surface area (Å²) in [5, 5.41) is 11.1. The molecule has 1 aliphatic rings. The van der Waals surface area contributed by atoms with E-state index in [4.69, 9.17) is 4.74 Å². The predicted octanol–water partition coefficient (Wildman–Crippen LogP) is 4.62. The third kappa shape index (κ3) is 9.81. The van der Waals surface area contributed by atoms with E-state index in [1.165, 1.54) is 6.26 Å². The smallest absolute Gasteiger partial charge is 0.175 e. The molecule has 1 aliphatic heterocycles. The minimum Gasteiger partial charge on any atom is -0.491 e. The molecule has 0 aromatic heterocycles. The van der Waals surface area contributed by atoms with Crippen molar-refractivity contribution in [3.8, 4) is 5.75 Å². The summed E-state index contributed by atoms with van der Waals surface area (Å²) < 4.78 is 28.9. The van der Waals surface area contributed by atoms with Crippen molar-refractivity contribution in [1.29, 1.82) is 0 Å². The molecule has 0 radical (unpaired) electrons. The van der Waals surface area contributed by atoms with E-state index in [0.717, 1.165) is 68.9 Å². The zero-order chi connectivity index (χ0) is 24.1. The Morgan fingerprint density at radius 3 is 2.11 bits per heavy atom. The van der Waals surface area contributed by atoms with Crippen LogP contribution in [0.4, 0.5) is 5.69 Å². The van der Waals surface area contributed by atoms with Gasteiger partial charge in [-0.05, 0) is 81.5 Å². The van der Waals surface area contributed by atoms with Crippen molar-refractivity contribution >= 4 is 40.3 Å². The second kappa shape index (κ2) is 13.7. The summed E-state index contributed by atoms with van der Waals surface area (Å²) in [6, 6.07) is 15.3. The molecule has 0 saturated carbocycles. The van der Waals surface area contributed by atoms with Gasteiger partial charge in [0.15, 0.2) is 9.84 Å². The Hall–Kier alpha value is -1.51. The highest BCUT2D eigenvalue weighted by Gasteiger charge is 2.32. The third-order valence-corrected chi connectivity index (χ3v) is 7.55. The number of rotatable bonds is 10. The summed E-state index contributed by atoms with van der Waals surface area (Å²) in [5.74, 6) is 0.875. The quantitative estimate of drug-likeness (QED) is 0.469. The normalized spacial score (nSPS) is 15.7. The van der Waals surface area contributed by atoms with Gasteiger partial charge >= 0.3 is 0 Å². The first-order chi connectivity index (χ1) is 15.5. The molecule has 2 aromatic carbocycles. The van der Waals surface area contributed by atoms with E-state index >= 15 is 0 Å². The van der Waals surface area contributed by atoms with Crippen LogP contribution >= 0.6 is 24.8 Å². The van der Waals surface area contributed by atoms with Gasteiger partial charge in [0.1, 0.15) is 5.75 Å². The van der Waals surface area contributed by atoms with Crippen molar-refractivity contribution in [2.75, 3.05) is 44.4 Å². The van der Waals surface area contributed by atoms with E-state index < -0.39 is 15.4 Å². The number of hydrogen-bond donors (Lipinski definition) is 1. The fraction of sp³-hybridized carbons (Fsp3) is 0.538. The monoisotopic (exact) mass is 546 g/mol. The van der Waals surface area contributed by atoms with Crippen molar-refractivity contribution in [1.82, 2.24) is 4.90 Å². The van der Waals surface area contributed by atoms with Crippen LogP contribution in [0, 0.1) is 0 Å². The number of hydrogen-bond acceptors (Lipinski definition) is 6. The lowest BCUT2D eigenvalue weighted by molar-refractivity contribution is -0.0254. The molecular formula is C26H40Cl2N2O4S. The van der Waals surface area contributed by atoms with Gasteiger partial charge in [0.2, 0.25) is 0 Å². The maximum absolute atomic E-state index is 11.6. The van der Waals surface area contributed by atoms with Crippen LogP contribution in [0.3, 0.4) is 0 Å². The van der Waals surface area contributed by atoms with Crippen LogP contribution in [0.15, 0.2) is 53.4 Å². The first-order valence-electron chi connectivity index (χ1n) is 11.8.